The van der Waals surface area contributed by atoms with Crippen LogP contribution < -0.4 is 5.73 Å². The fourth-order valence-electron chi connectivity index (χ4n) is 4.58. The molecule has 3 heterocycles. The Morgan fingerprint density at radius 1 is 1.32 bits per heavy atom. The van der Waals surface area contributed by atoms with Gasteiger partial charge < -0.3 is 10.6 Å². The van der Waals surface area contributed by atoms with Crippen molar-refractivity contribution in [1.29, 1.82) is 0 Å². The first kappa shape index (κ1) is 19.8. The molecule has 0 radical (unpaired) electrons. The van der Waals surface area contributed by atoms with Crippen LogP contribution in [0.5, 0.6) is 0 Å². The molecule has 0 amide bonds. The molecule has 2 unspecified atom stereocenters. The maximum atomic E-state index is 5.76. The molecule has 28 heavy (non-hydrogen) atoms. The molecule has 0 aromatic carbocycles. The molecular weight excluding hydrogens is 414 g/mol. The summed E-state index contributed by atoms with van der Waals surface area (Å²) in [6.07, 6.45) is 11.9. The third-order valence-corrected chi connectivity index (χ3v) is 6.90. The quantitative estimate of drug-likeness (QED) is 0.651. The molecule has 3 aliphatic rings. The van der Waals surface area contributed by atoms with E-state index in [4.69, 9.17) is 15.7 Å². The zero-order valence-electron chi connectivity index (χ0n) is 16.6. The Morgan fingerprint density at radius 3 is 3.07 bits per heavy atom. The largest absolute Gasteiger partial charge is 0.330 e. The number of rotatable bonds is 7. The molecule has 0 fully saturated rings. The molecule has 2 N–H and O–H groups in total. The lowest BCUT2D eigenvalue weighted by molar-refractivity contribution is 0.160. The van der Waals surface area contributed by atoms with Crippen LogP contribution in [0.1, 0.15) is 49.9 Å². The summed E-state index contributed by atoms with van der Waals surface area (Å²) in [5, 5.41) is 0. The van der Waals surface area contributed by atoms with E-state index in [1.807, 2.05) is 6.20 Å². The minimum absolute atomic E-state index is 0.292. The van der Waals surface area contributed by atoms with E-state index in [-0.39, 0.29) is 0 Å². The summed E-state index contributed by atoms with van der Waals surface area (Å²) in [6.45, 7) is 5.91. The normalized spacial score (nSPS) is 23.9. The van der Waals surface area contributed by atoms with Gasteiger partial charge >= 0.3 is 0 Å². The van der Waals surface area contributed by atoms with Crippen LogP contribution in [0.2, 0.25) is 0 Å². The standard InChI is InChI=1S/C22H30BrN5/c1-16-19(23)9-10-21-26-18(15-28(16)21)14-27(13-3-2-11-24)20-8-4-6-17-7-5-12-25-22(17)20/h5,7,9-10,12,18,20H,2-4,6,8,11,13-15,24H2,1H3. The van der Waals surface area contributed by atoms with Crippen LogP contribution in [-0.2, 0) is 6.42 Å². The molecular formula is C22H30BrN5. The van der Waals surface area contributed by atoms with Gasteiger partial charge in [0.1, 0.15) is 5.84 Å². The molecule has 0 bridgehead atoms. The highest BCUT2D eigenvalue weighted by molar-refractivity contribution is 9.11. The van der Waals surface area contributed by atoms with Gasteiger partial charge in [0.2, 0.25) is 0 Å². The number of hydrogen-bond acceptors (Lipinski definition) is 5. The zero-order chi connectivity index (χ0) is 19.5. The number of aryl methyl sites for hydroxylation is 1. The van der Waals surface area contributed by atoms with Gasteiger partial charge in [0.15, 0.2) is 0 Å². The van der Waals surface area contributed by atoms with E-state index < -0.39 is 0 Å². The summed E-state index contributed by atoms with van der Waals surface area (Å²) in [4.78, 5) is 14.8. The monoisotopic (exact) mass is 443 g/mol. The van der Waals surface area contributed by atoms with Gasteiger partial charge in [-0.2, -0.15) is 0 Å². The van der Waals surface area contributed by atoms with Gasteiger partial charge in [-0.1, -0.05) is 6.07 Å². The number of nitrogens with two attached hydrogens (primary N) is 1. The van der Waals surface area contributed by atoms with Crippen molar-refractivity contribution < 1.29 is 0 Å². The number of nitrogens with zero attached hydrogens (tertiary/aromatic N) is 4. The van der Waals surface area contributed by atoms with E-state index in [1.165, 1.54) is 29.8 Å². The predicted octanol–water partition coefficient (Wildman–Crippen LogP) is 3.78. The smallest absolute Gasteiger partial charge is 0.128 e. The summed E-state index contributed by atoms with van der Waals surface area (Å²) in [5.41, 5.74) is 9.72. The summed E-state index contributed by atoms with van der Waals surface area (Å²) in [7, 11) is 0. The third-order valence-electron chi connectivity index (χ3n) is 6.06. The molecule has 2 aliphatic heterocycles. The van der Waals surface area contributed by atoms with Gasteiger partial charge in [-0.05, 0) is 91.8 Å². The van der Waals surface area contributed by atoms with Crippen LogP contribution in [0.15, 0.2) is 45.7 Å². The fraction of sp³-hybridized carbons (Fsp3) is 0.545. The lowest BCUT2D eigenvalue weighted by Gasteiger charge is -2.36. The van der Waals surface area contributed by atoms with E-state index in [9.17, 15) is 0 Å². The number of aromatic nitrogens is 1. The zero-order valence-corrected chi connectivity index (χ0v) is 18.2. The number of hydrogen-bond donors (Lipinski definition) is 1. The van der Waals surface area contributed by atoms with Crippen molar-refractivity contribution in [3.8, 4) is 0 Å². The second-order valence-electron chi connectivity index (χ2n) is 7.96. The van der Waals surface area contributed by atoms with Gasteiger partial charge in [-0.25, -0.2) is 0 Å². The minimum atomic E-state index is 0.292. The highest BCUT2D eigenvalue weighted by atomic mass is 79.9. The van der Waals surface area contributed by atoms with Crippen molar-refractivity contribution in [3.63, 3.8) is 0 Å². The van der Waals surface area contributed by atoms with Gasteiger partial charge in [-0.15, -0.1) is 0 Å². The average Bonchev–Trinajstić information content (AvgIpc) is 3.13. The molecule has 1 aromatic rings. The number of amidine groups is 1. The number of halogens is 1. The summed E-state index contributed by atoms with van der Waals surface area (Å²) < 4.78 is 1.15. The number of allylic oxidation sites excluding steroid dienone is 3. The van der Waals surface area contributed by atoms with Crippen LogP contribution in [0.3, 0.4) is 0 Å². The molecule has 1 aliphatic carbocycles. The summed E-state index contributed by atoms with van der Waals surface area (Å²) in [5.74, 6) is 1.09. The topological polar surface area (TPSA) is 57.8 Å². The van der Waals surface area contributed by atoms with Crippen LogP contribution in [0.4, 0.5) is 0 Å². The van der Waals surface area contributed by atoms with E-state index in [2.05, 4.69) is 56.9 Å². The molecule has 6 heteroatoms. The van der Waals surface area contributed by atoms with Gasteiger partial charge in [0.05, 0.1) is 17.8 Å². The predicted molar refractivity (Wildman–Crippen MR) is 118 cm³/mol. The number of aliphatic imine (C=N–C) groups is 1. The first-order chi connectivity index (χ1) is 13.7. The molecule has 150 valence electrons. The highest BCUT2D eigenvalue weighted by Gasteiger charge is 2.32. The van der Waals surface area contributed by atoms with E-state index in [1.54, 1.807) is 0 Å². The lowest BCUT2D eigenvalue weighted by atomic mass is 9.90. The summed E-state index contributed by atoms with van der Waals surface area (Å²) in [6, 6.07) is 5.01. The highest BCUT2D eigenvalue weighted by Crippen LogP contribution is 2.34. The molecule has 0 spiro atoms. The van der Waals surface area contributed by atoms with Gasteiger partial charge in [0.25, 0.3) is 0 Å². The fourth-order valence-corrected chi connectivity index (χ4v) is 4.93. The molecule has 0 saturated carbocycles. The number of pyridine rings is 1. The Morgan fingerprint density at radius 2 is 2.21 bits per heavy atom. The SMILES string of the molecule is CC1=C(Br)C=CC2=NC(CN(CCCCN)C3CCCc4cccnc43)CN21. The van der Waals surface area contributed by atoms with Crippen molar-refractivity contribution in [2.24, 2.45) is 10.7 Å². The maximum absolute atomic E-state index is 5.76. The molecule has 4 rings (SSSR count). The van der Waals surface area contributed by atoms with Gasteiger partial charge in [0, 0.05) is 29.5 Å². The second kappa shape index (κ2) is 8.89. The Bertz CT molecular complexity index is 800. The first-order valence-corrected chi connectivity index (χ1v) is 11.2. The Balaban J connectivity index is 1.52. The van der Waals surface area contributed by atoms with Crippen molar-refractivity contribution in [2.45, 2.75) is 51.1 Å². The van der Waals surface area contributed by atoms with Crippen molar-refractivity contribution >= 4 is 21.8 Å². The van der Waals surface area contributed by atoms with Crippen molar-refractivity contribution in [1.82, 2.24) is 14.8 Å². The van der Waals surface area contributed by atoms with Crippen LogP contribution in [0.25, 0.3) is 0 Å². The van der Waals surface area contributed by atoms with Crippen LogP contribution in [0, 0.1) is 0 Å². The molecule has 2 atom stereocenters. The Hall–Kier alpha value is -1.50. The van der Waals surface area contributed by atoms with E-state index in [0.717, 1.165) is 55.8 Å². The Labute approximate surface area is 176 Å². The number of fused-ring (bicyclic) bond motifs is 2. The third kappa shape index (κ3) is 4.09. The van der Waals surface area contributed by atoms with Crippen molar-refractivity contribution in [2.75, 3.05) is 26.2 Å². The second-order valence-corrected chi connectivity index (χ2v) is 8.82. The summed E-state index contributed by atoms with van der Waals surface area (Å²) >= 11 is 3.65. The van der Waals surface area contributed by atoms with E-state index >= 15 is 0 Å². The van der Waals surface area contributed by atoms with Gasteiger partial charge in [-0.3, -0.25) is 14.9 Å². The molecule has 5 nitrogen and oxygen atoms in total. The average molecular weight is 444 g/mol. The number of unbranched alkanes of at least 4 members (excludes halogenated alkanes) is 1. The molecule has 0 saturated heterocycles. The molecule has 1 aromatic heterocycles. The maximum Gasteiger partial charge on any atom is 0.128 e. The first-order valence-electron chi connectivity index (χ1n) is 10.4. The minimum Gasteiger partial charge on any atom is -0.330 e. The van der Waals surface area contributed by atoms with Crippen LogP contribution in [-0.4, -0.2) is 52.8 Å². The lowest BCUT2D eigenvalue weighted by Crippen LogP contribution is -2.40. The van der Waals surface area contributed by atoms with Crippen molar-refractivity contribution in [3.05, 3.63) is 51.9 Å². The van der Waals surface area contributed by atoms with E-state index in [0.29, 0.717) is 12.1 Å². The van der Waals surface area contributed by atoms with Crippen LogP contribution >= 0.6 is 15.9 Å². The Kier molecular flexibility index (Phi) is 6.28.